The maximum atomic E-state index is 5.57. The van der Waals surface area contributed by atoms with Crippen LogP contribution in [-0.4, -0.2) is 21.1 Å². The van der Waals surface area contributed by atoms with E-state index in [0.717, 1.165) is 41.5 Å². The van der Waals surface area contributed by atoms with Crippen molar-refractivity contribution < 1.29 is 4.42 Å². The molecular weight excluding hydrogens is 248 g/mol. The molecule has 6 heteroatoms. The quantitative estimate of drug-likeness (QED) is 0.759. The van der Waals surface area contributed by atoms with E-state index in [4.69, 9.17) is 10.2 Å². The summed E-state index contributed by atoms with van der Waals surface area (Å²) in [7, 11) is 0. The van der Waals surface area contributed by atoms with Gasteiger partial charge in [0.15, 0.2) is 5.82 Å². The molecule has 5 nitrogen and oxygen atoms in total. The number of nitrogens with zero attached hydrogens (tertiary/aromatic N) is 3. The average Bonchev–Trinajstić information content (AvgIpc) is 3.04. The Morgan fingerprint density at radius 3 is 3.06 bits per heavy atom. The number of aryl methyl sites for hydroxylation is 2. The smallest absolute Gasteiger partial charge is 0.212 e. The van der Waals surface area contributed by atoms with Crippen molar-refractivity contribution in [3.05, 3.63) is 41.1 Å². The highest BCUT2D eigenvalue weighted by molar-refractivity contribution is 7.15. The van der Waals surface area contributed by atoms with Crippen LogP contribution in [-0.2, 0) is 19.3 Å². The van der Waals surface area contributed by atoms with Gasteiger partial charge in [-0.05, 0) is 18.7 Å². The van der Waals surface area contributed by atoms with Crippen molar-refractivity contribution in [3.8, 4) is 0 Å². The second-order valence-electron chi connectivity index (χ2n) is 4.07. The highest BCUT2D eigenvalue weighted by Crippen LogP contribution is 2.15. The molecule has 0 saturated heterocycles. The fraction of sp³-hybridized carbons (Fsp3) is 0.333. The van der Waals surface area contributed by atoms with Crippen molar-refractivity contribution in [2.45, 2.75) is 19.3 Å². The molecule has 18 heavy (non-hydrogen) atoms. The number of thiazole rings is 1. The molecule has 0 bridgehead atoms. The Morgan fingerprint density at radius 2 is 2.28 bits per heavy atom. The molecule has 0 fully saturated rings. The molecule has 0 aromatic carbocycles. The zero-order valence-corrected chi connectivity index (χ0v) is 10.7. The van der Waals surface area contributed by atoms with Gasteiger partial charge in [-0.1, -0.05) is 0 Å². The maximum absolute atomic E-state index is 5.57. The fourth-order valence-corrected chi connectivity index (χ4v) is 2.76. The molecule has 3 aromatic heterocycles. The number of hydrogen-bond donors (Lipinski definition) is 1. The highest BCUT2D eigenvalue weighted by Gasteiger charge is 2.09. The Morgan fingerprint density at radius 1 is 1.33 bits per heavy atom. The normalized spacial score (nSPS) is 11.4. The van der Waals surface area contributed by atoms with Crippen molar-refractivity contribution in [3.63, 3.8) is 0 Å². The van der Waals surface area contributed by atoms with Crippen molar-refractivity contribution in [2.75, 3.05) is 6.54 Å². The second kappa shape index (κ2) is 4.91. The standard InChI is InChI=1S/C12H14N4OS/c13-6-5-9-8-18-12-14-11(15-16(9)12)4-3-10-2-1-7-17-10/h1-2,7-8H,3-6,13H2. The molecule has 0 radical (unpaired) electrons. The van der Waals surface area contributed by atoms with E-state index in [1.807, 2.05) is 16.6 Å². The summed E-state index contributed by atoms with van der Waals surface area (Å²) in [5.41, 5.74) is 6.70. The van der Waals surface area contributed by atoms with Crippen LogP contribution in [0.3, 0.4) is 0 Å². The van der Waals surface area contributed by atoms with Crippen LogP contribution in [0.1, 0.15) is 17.3 Å². The van der Waals surface area contributed by atoms with Gasteiger partial charge in [0.2, 0.25) is 4.96 Å². The molecular formula is C12H14N4OS. The van der Waals surface area contributed by atoms with Crippen LogP contribution < -0.4 is 5.73 Å². The minimum Gasteiger partial charge on any atom is -0.469 e. The van der Waals surface area contributed by atoms with E-state index in [9.17, 15) is 0 Å². The van der Waals surface area contributed by atoms with Crippen LogP contribution in [0, 0.1) is 0 Å². The molecule has 0 unspecified atom stereocenters. The second-order valence-corrected chi connectivity index (χ2v) is 4.90. The first kappa shape index (κ1) is 11.4. The predicted molar refractivity (Wildman–Crippen MR) is 69.7 cm³/mol. The average molecular weight is 262 g/mol. The Balaban J connectivity index is 1.76. The fourth-order valence-electron chi connectivity index (χ4n) is 1.88. The molecule has 94 valence electrons. The van der Waals surface area contributed by atoms with E-state index < -0.39 is 0 Å². The van der Waals surface area contributed by atoms with Crippen LogP contribution in [0.4, 0.5) is 0 Å². The lowest BCUT2D eigenvalue weighted by molar-refractivity contribution is 0.506. The molecule has 3 rings (SSSR count). The van der Waals surface area contributed by atoms with E-state index in [2.05, 4.69) is 15.5 Å². The summed E-state index contributed by atoms with van der Waals surface area (Å²) in [6.07, 6.45) is 4.15. The van der Waals surface area contributed by atoms with E-state index in [-0.39, 0.29) is 0 Å². The van der Waals surface area contributed by atoms with Gasteiger partial charge in [-0.25, -0.2) is 9.50 Å². The molecule has 0 amide bonds. The number of rotatable bonds is 5. The van der Waals surface area contributed by atoms with Crippen molar-refractivity contribution in [1.82, 2.24) is 14.6 Å². The lowest BCUT2D eigenvalue weighted by Crippen LogP contribution is -2.05. The van der Waals surface area contributed by atoms with Gasteiger partial charge in [-0.15, -0.1) is 11.3 Å². The third-order valence-corrected chi connectivity index (χ3v) is 3.63. The first-order valence-corrected chi connectivity index (χ1v) is 6.79. The summed E-state index contributed by atoms with van der Waals surface area (Å²) in [6, 6.07) is 3.87. The molecule has 0 spiro atoms. The van der Waals surface area contributed by atoms with Crippen LogP contribution in [0.25, 0.3) is 4.96 Å². The first-order valence-electron chi connectivity index (χ1n) is 5.91. The zero-order chi connectivity index (χ0) is 12.4. The third-order valence-electron chi connectivity index (χ3n) is 2.77. The van der Waals surface area contributed by atoms with Gasteiger partial charge < -0.3 is 10.2 Å². The molecule has 0 aliphatic rings. The third kappa shape index (κ3) is 2.16. The van der Waals surface area contributed by atoms with Crippen LogP contribution in [0.15, 0.2) is 28.2 Å². The lowest BCUT2D eigenvalue weighted by atomic mass is 10.2. The summed E-state index contributed by atoms with van der Waals surface area (Å²) in [4.78, 5) is 5.44. The Bertz CT molecular complexity index is 626. The minimum absolute atomic E-state index is 0.632. The summed E-state index contributed by atoms with van der Waals surface area (Å²) >= 11 is 1.61. The van der Waals surface area contributed by atoms with Gasteiger partial charge in [0.1, 0.15) is 5.76 Å². The van der Waals surface area contributed by atoms with Crippen LogP contribution in [0.2, 0.25) is 0 Å². The van der Waals surface area contributed by atoms with E-state index in [0.29, 0.717) is 6.54 Å². The van der Waals surface area contributed by atoms with Gasteiger partial charge in [0, 0.05) is 24.6 Å². The Labute approximate surface area is 108 Å². The predicted octanol–water partition coefficient (Wildman–Crippen LogP) is 1.67. The minimum atomic E-state index is 0.632. The number of fused-ring (bicyclic) bond motifs is 1. The maximum Gasteiger partial charge on any atom is 0.212 e. The molecule has 3 aromatic rings. The molecule has 0 aliphatic heterocycles. The number of hydrogen-bond acceptors (Lipinski definition) is 5. The van der Waals surface area contributed by atoms with E-state index in [1.165, 1.54) is 0 Å². The summed E-state index contributed by atoms with van der Waals surface area (Å²) < 4.78 is 7.19. The first-order chi connectivity index (χ1) is 8.86. The van der Waals surface area contributed by atoms with Gasteiger partial charge in [0.05, 0.1) is 12.0 Å². The number of nitrogens with two attached hydrogens (primary N) is 1. The molecule has 0 aliphatic carbocycles. The summed E-state index contributed by atoms with van der Waals surface area (Å²) in [5, 5.41) is 6.58. The van der Waals surface area contributed by atoms with E-state index >= 15 is 0 Å². The molecule has 2 N–H and O–H groups in total. The number of furan rings is 1. The van der Waals surface area contributed by atoms with E-state index in [1.54, 1.807) is 17.6 Å². The molecule has 3 heterocycles. The van der Waals surface area contributed by atoms with Crippen LogP contribution >= 0.6 is 11.3 Å². The Hall–Kier alpha value is -1.66. The van der Waals surface area contributed by atoms with Crippen molar-refractivity contribution in [1.29, 1.82) is 0 Å². The highest BCUT2D eigenvalue weighted by atomic mass is 32.1. The summed E-state index contributed by atoms with van der Waals surface area (Å²) in [5.74, 6) is 1.83. The zero-order valence-electron chi connectivity index (χ0n) is 9.87. The Kier molecular flexibility index (Phi) is 3.12. The van der Waals surface area contributed by atoms with Gasteiger partial charge in [0.25, 0.3) is 0 Å². The van der Waals surface area contributed by atoms with Crippen molar-refractivity contribution in [2.24, 2.45) is 5.73 Å². The van der Waals surface area contributed by atoms with Crippen molar-refractivity contribution >= 4 is 16.3 Å². The van der Waals surface area contributed by atoms with Gasteiger partial charge in [-0.3, -0.25) is 0 Å². The monoisotopic (exact) mass is 262 g/mol. The summed E-state index contributed by atoms with van der Waals surface area (Å²) in [6.45, 7) is 0.632. The number of aromatic nitrogens is 3. The molecule has 0 saturated carbocycles. The molecule has 0 atom stereocenters. The SMILES string of the molecule is NCCc1csc2nc(CCc3ccco3)nn12. The lowest BCUT2D eigenvalue weighted by Gasteiger charge is -1.94. The van der Waals surface area contributed by atoms with Gasteiger partial charge >= 0.3 is 0 Å². The van der Waals surface area contributed by atoms with Crippen LogP contribution in [0.5, 0.6) is 0 Å². The van der Waals surface area contributed by atoms with Gasteiger partial charge in [-0.2, -0.15) is 5.10 Å². The largest absolute Gasteiger partial charge is 0.469 e. The topological polar surface area (TPSA) is 69.3 Å².